The predicted molar refractivity (Wildman–Crippen MR) is 82.5 cm³/mol. The van der Waals surface area contributed by atoms with Crippen LogP contribution in [0.3, 0.4) is 0 Å². The molecule has 0 aliphatic carbocycles. The molecule has 19 heavy (non-hydrogen) atoms. The molecule has 2 rings (SSSR count). The van der Waals surface area contributed by atoms with E-state index in [1.165, 1.54) is 55.5 Å². The van der Waals surface area contributed by atoms with Crippen LogP contribution in [0.15, 0.2) is 18.2 Å². The van der Waals surface area contributed by atoms with Crippen molar-refractivity contribution in [1.29, 1.82) is 0 Å². The quantitative estimate of drug-likeness (QED) is 0.874. The Hall–Kier alpha value is -0.860. The zero-order valence-electron chi connectivity index (χ0n) is 12.7. The van der Waals surface area contributed by atoms with E-state index in [0.29, 0.717) is 0 Å². The normalized spacial score (nSPS) is 19.9. The fraction of sp³-hybridized carbons (Fsp3) is 0.647. The molecule has 1 unspecified atom stereocenters. The highest BCUT2D eigenvalue weighted by atomic mass is 15.1. The third-order valence-corrected chi connectivity index (χ3v) is 4.21. The molecule has 0 bridgehead atoms. The highest BCUT2D eigenvalue weighted by Gasteiger charge is 2.13. The van der Waals surface area contributed by atoms with Gasteiger partial charge in [0.1, 0.15) is 0 Å². The maximum Gasteiger partial charge on any atom is 0.0233 e. The van der Waals surface area contributed by atoms with E-state index >= 15 is 0 Å². The fourth-order valence-electron chi connectivity index (χ4n) is 2.94. The van der Waals surface area contributed by atoms with Crippen molar-refractivity contribution in [1.82, 2.24) is 10.2 Å². The van der Waals surface area contributed by atoms with Gasteiger partial charge in [0.25, 0.3) is 0 Å². The molecule has 0 radical (unpaired) electrons. The van der Waals surface area contributed by atoms with Gasteiger partial charge in [0.05, 0.1) is 0 Å². The first-order valence-corrected chi connectivity index (χ1v) is 7.63. The van der Waals surface area contributed by atoms with Crippen molar-refractivity contribution in [2.75, 3.05) is 20.1 Å². The minimum Gasteiger partial charge on any atom is -0.314 e. The van der Waals surface area contributed by atoms with Gasteiger partial charge in [0.2, 0.25) is 0 Å². The molecule has 0 amide bonds. The smallest absolute Gasteiger partial charge is 0.0233 e. The van der Waals surface area contributed by atoms with Crippen LogP contribution >= 0.6 is 0 Å². The number of nitrogens with one attached hydrogen (secondary N) is 1. The molecule has 1 heterocycles. The van der Waals surface area contributed by atoms with Crippen LogP contribution in [0.1, 0.15) is 42.4 Å². The van der Waals surface area contributed by atoms with Gasteiger partial charge in [-0.15, -0.1) is 0 Å². The van der Waals surface area contributed by atoms with E-state index < -0.39 is 0 Å². The lowest BCUT2D eigenvalue weighted by Crippen LogP contribution is -2.36. The number of rotatable bonds is 5. The number of nitrogens with zero attached hydrogens (tertiary/aromatic N) is 1. The lowest BCUT2D eigenvalue weighted by Gasteiger charge is -2.26. The van der Waals surface area contributed by atoms with Gasteiger partial charge < -0.3 is 10.2 Å². The van der Waals surface area contributed by atoms with Crippen LogP contribution in [-0.4, -0.2) is 31.1 Å². The van der Waals surface area contributed by atoms with Crippen molar-refractivity contribution in [2.45, 2.75) is 52.1 Å². The molecule has 106 valence electrons. The van der Waals surface area contributed by atoms with Crippen molar-refractivity contribution >= 4 is 0 Å². The lowest BCUT2D eigenvalue weighted by atomic mass is 10.0. The minimum atomic E-state index is 0.746. The molecule has 0 aromatic heterocycles. The molecule has 1 saturated heterocycles. The van der Waals surface area contributed by atoms with Crippen molar-refractivity contribution in [2.24, 2.45) is 0 Å². The molecule has 1 aromatic carbocycles. The maximum atomic E-state index is 3.63. The van der Waals surface area contributed by atoms with Gasteiger partial charge in [-0.05, 0) is 64.4 Å². The average Bonchev–Trinajstić information content (AvgIpc) is 2.41. The van der Waals surface area contributed by atoms with Gasteiger partial charge in [-0.2, -0.15) is 0 Å². The summed E-state index contributed by atoms with van der Waals surface area (Å²) < 4.78 is 0. The second-order valence-corrected chi connectivity index (χ2v) is 6.10. The van der Waals surface area contributed by atoms with Crippen LogP contribution in [0.25, 0.3) is 0 Å². The monoisotopic (exact) mass is 260 g/mol. The summed E-state index contributed by atoms with van der Waals surface area (Å²) in [5, 5.41) is 3.63. The van der Waals surface area contributed by atoms with E-state index in [4.69, 9.17) is 0 Å². The standard InChI is InChI=1S/C17H28N2/c1-14-7-8-16(15(2)12-14)13-19(3)11-9-17-6-4-5-10-18-17/h7-8,12,17-18H,4-6,9-11,13H2,1-3H3. The summed E-state index contributed by atoms with van der Waals surface area (Å²) in [7, 11) is 2.24. The molecule has 1 atom stereocenters. The second kappa shape index (κ2) is 7.06. The molecule has 1 N–H and O–H groups in total. The SMILES string of the molecule is Cc1ccc(CN(C)CCC2CCCCN2)c(C)c1. The van der Waals surface area contributed by atoms with E-state index in [2.05, 4.69) is 49.3 Å². The summed E-state index contributed by atoms with van der Waals surface area (Å²) in [5.74, 6) is 0. The Morgan fingerprint density at radius 2 is 2.11 bits per heavy atom. The van der Waals surface area contributed by atoms with Crippen LogP contribution in [0.4, 0.5) is 0 Å². The molecule has 0 spiro atoms. The molecule has 2 nitrogen and oxygen atoms in total. The van der Waals surface area contributed by atoms with E-state index in [-0.39, 0.29) is 0 Å². The Balaban J connectivity index is 1.78. The van der Waals surface area contributed by atoms with Gasteiger partial charge in [-0.3, -0.25) is 0 Å². The lowest BCUT2D eigenvalue weighted by molar-refractivity contribution is 0.281. The summed E-state index contributed by atoms with van der Waals surface area (Å²) >= 11 is 0. The Morgan fingerprint density at radius 3 is 2.79 bits per heavy atom. The summed E-state index contributed by atoms with van der Waals surface area (Å²) in [6.07, 6.45) is 5.40. The Labute approximate surface area is 118 Å². The van der Waals surface area contributed by atoms with E-state index in [1.54, 1.807) is 0 Å². The van der Waals surface area contributed by atoms with Crippen LogP contribution in [0.5, 0.6) is 0 Å². The summed E-state index contributed by atoms with van der Waals surface area (Å²) in [5.41, 5.74) is 4.24. The highest BCUT2D eigenvalue weighted by Crippen LogP contribution is 2.14. The number of benzene rings is 1. The van der Waals surface area contributed by atoms with Crippen LogP contribution in [0, 0.1) is 13.8 Å². The van der Waals surface area contributed by atoms with E-state index in [9.17, 15) is 0 Å². The molecular formula is C17H28N2. The van der Waals surface area contributed by atoms with Crippen molar-refractivity contribution in [3.8, 4) is 0 Å². The first kappa shape index (κ1) is 14.5. The second-order valence-electron chi connectivity index (χ2n) is 6.10. The van der Waals surface area contributed by atoms with Crippen LogP contribution in [0.2, 0.25) is 0 Å². The van der Waals surface area contributed by atoms with Crippen LogP contribution < -0.4 is 5.32 Å². The zero-order valence-corrected chi connectivity index (χ0v) is 12.7. The van der Waals surface area contributed by atoms with Gasteiger partial charge in [-0.1, -0.05) is 30.2 Å². The maximum absolute atomic E-state index is 3.63. The molecule has 1 aliphatic rings. The molecule has 1 aromatic rings. The largest absolute Gasteiger partial charge is 0.314 e. The minimum absolute atomic E-state index is 0.746. The number of hydrogen-bond donors (Lipinski definition) is 1. The third kappa shape index (κ3) is 4.63. The Morgan fingerprint density at radius 1 is 1.26 bits per heavy atom. The van der Waals surface area contributed by atoms with E-state index in [0.717, 1.165) is 12.6 Å². The molecule has 1 aliphatic heterocycles. The van der Waals surface area contributed by atoms with Gasteiger partial charge in [-0.25, -0.2) is 0 Å². The van der Waals surface area contributed by atoms with Gasteiger partial charge >= 0.3 is 0 Å². The molecule has 2 heteroatoms. The van der Waals surface area contributed by atoms with Crippen molar-refractivity contribution in [3.63, 3.8) is 0 Å². The van der Waals surface area contributed by atoms with Gasteiger partial charge in [0, 0.05) is 12.6 Å². The number of hydrogen-bond acceptors (Lipinski definition) is 2. The molecule has 0 saturated carbocycles. The highest BCUT2D eigenvalue weighted by molar-refractivity contribution is 5.30. The first-order valence-electron chi connectivity index (χ1n) is 7.63. The average molecular weight is 260 g/mol. The molecule has 1 fully saturated rings. The third-order valence-electron chi connectivity index (χ3n) is 4.21. The number of aryl methyl sites for hydroxylation is 2. The van der Waals surface area contributed by atoms with Gasteiger partial charge in [0.15, 0.2) is 0 Å². The van der Waals surface area contributed by atoms with E-state index in [1.807, 2.05) is 0 Å². The van der Waals surface area contributed by atoms with Crippen molar-refractivity contribution in [3.05, 3.63) is 34.9 Å². The summed E-state index contributed by atoms with van der Waals surface area (Å²) in [6, 6.07) is 7.53. The summed E-state index contributed by atoms with van der Waals surface area (Å²) in [4.78, 5) is 2.45. The fourth-order valence-corrected chi connectivity index (χ4v) is 2.94. The Kier molecular flexibility index (Phi) is 5.41. The topological polar surface area (TPSA) is 15.3 Å². The first-order chi connectivity index (χ1) is 9.15. The Bertz CT molecular complexity index is 394. The molecular weight excluding hydrogens is 232 g/mol. The van der Waals surface area contributed by atoms with Crippen molar-refractivity contribution < 1.29 is 0 Å². The van der Waals surface area contributed by atoms with Crippen LogP contribution in [-0.2, 0) is 6.54 Å². The number of piperidine rings is 1. The summed E-state index contributed by atoms with van der Waals surface area (Å²) in [6.45, 7) is 7.85. The zero-order chi connectivity index (χ0) is 13.7. The predicted octanol–water partition coefficient (Wildman–Crippen LogP) is 3.27.